The molecule has 0 bridgehead atoms. The zero-order chi connectivity index (χ0) is 25.8. The maximum absolute atomic E-state index is 14.3. The van der Waals surface area contributed by atoms with Gasteiger partial charge < -0.3 is 5.32 Å². The number of pyridine rings is 1. The van der Waals surface area contributed by atoms with Gasteiger partial charge in [-0.3, -0.25) is 9.48 Å². The molecule has 0 unspecified atom stereocenters. The minimum Gasteiger partial charge on any atom is -0.320 e. The summed E-state index contributed by atoms with van der Waals surface area (Å²) in [5, 5.41) is 6.42. The summed E-state index contributed by atoms with van der Waals surface area (Å²) in [6, 6.07) is 2.46. The largest absolute Gasteiger partial charge is 0.420 e. The van der Waals surface area contributed by atoms with Gasteiger partial charge in [0.2, 0.25) is 5.92 Å². The second-order valence-corrected chi connectivity index (χ2v) is 12.1. The molecule has 13 heteroatoms. The predicted octanol–water partition coefficient (Wildman–Crippen LogP) is 5.68. The quantitative estimate of drug-likeness (QED) is 0.480. The van der Waals surface area contributed by atoms with Crippen molar-refractivity contribution in [2.75, 3.05) is 11.6 Å². The number of anilines is 1. The number of hydrogen-bond donors (Lipinski definition) is 2. The Hall–Kier alpha value is -2.57. The summed E-state index contributed by atoms with van der Waals surface area (Å²) < 4.78 is 90.7. The van der Waals surface area contributed by atoms with E-state index in [1.807, 2.05) is 0 Å². The molecule has 2 aliphatic rings. The topological polar surface area (TPSA) is 101 Å². The molecular weight excluding hydrogens is 493 g/mol. The summed E-state index contributed by atoms with van der Waals surface area (Å²) in [4.78, 5) is 17.1. The van der Waals surface area contributed by atoms with Crippen LogP contribution in [0, 0.1) is 10.2 Å². The van der Waals surface area contributed by atoms with Gasteiger partial charge in [0.25, 0.3) is 5.91 Å². The van der Waals surface area contributed by atoms with Gasteiger partial charge >= 0.3 is 6.18 Å². The van der Waals surface area contributed by atoms with Gasteiger partial charge in [0.15, 0.2) is 0 Å². The van der Waals surface area contributed by atoms with E-state index in [2.05, 4.69) is 15.4 Å². The van der Waals surface area contributed by atoms with E-state index >= 15 is 0 Å². The number of aromatic nitrogens is 3. The van der Waals surface area contributed by atoms with Crippen LogP contribution in [0.4, 0.5) is 27.6 Å². The van der Waals surface area contributed by atoms with E-state index in [-0.39, 0.29) is 23.0 Å². The number of carbonyl (C=O) groups is 1. The first-order chi connectivity index (χ1) is 16.1. The third kappa shape index (κ3) is 5.34. The third-order valence-corrected chi connectivity index (χ3v) is 7.54. The fraction of sp³-hybridized carbons (Fsp3) is 0.591. The molecule has 192 valence electrons. The minimum atomic E-state index is -4.89. The predicted molar refractivity (Wildman–Crippen MR) is 118 cm³/mol. The Kier molecular flexibility index (Phi) is 6.22. The Morgan fingerprint density at radius 2 is 1.91 bits per heavy atom. The second-order valence-electron chi connectivity index (χ2n) is 9.95. The highest BCUT2D eigenvalue weighted by Gasteiger charge is 2.54. The van der Waals surface area contributed by atoms with Gasteiger partial charge in [0.1, 0.15) is 16.3 Å². The van der Waals surface area contributed by atoms with Crippen LogP contribution in [-0.4, -0.2) is 37.1 Å². The average molecular weight is 520 g/mol. The summed E-state index contributed by atoms with van der Waals surface area (Å²) in [7, 11) is -3.23. The van der Waals surface area contributed by atoms with Crippen LogP contribution in [-0.2, 0) is 22.5 Å². The van der Waals surface area contributed by atoms with E-state index in [1.54, 1.807) is 0 Å². The minimum absolute atomic E-state index is 0.00602. The monoisotopic (exact) mass is 519 g/mol. The number of alkyl halides is 5. The lowest BCUT2D eigenvalue weighted by atomic mass is 9.67. The van der Waals surface area contributed by atoms with Crippen molar-refractivity contribution in [2.24, 2.45) is 5.41 Å². The van der Waals surface area contributed by atoms with E-state index in [1.165, 1.54) is 19.2 Å². The number of nitrogens with one attached hydrogen (secondary N) is 2. The van der Waals surface area contributed by atoms with Gasteiger partial charge in [-0.2, -0.15) is 18.3 Å². The first-order valence-corrected chi connectivity index (χ1v) is 13.1. The zero-order valence-corrected chi connectivity index (χ0v) is 20.0. The van der Waals surface area contributed by atoms with Crippen LogP contribution in [0.2, 0.25) is 0 Å². The fourth-order valence-electron chi connectivity index (χ4n) is 5.15. The number of carbonyl (C=O) groups excluding carboxylic acids is 1. The van der Waals surface area contributed by atoms with E-state index in [9.17, 15) is 31.0 Å². The van der Waals surface area contributed by atoms with Crippen molar-refractivity contribution in [3.8, 4) is 0 Å². The number of nitrogens with zero attached hydrogens (tertiary/aromatic N) is 3. The van der Waals surface area contributed by atoms with E-state index in [4.69, 9.17) is 4.78 Å². The van der Waals surface area contributed by atoms with Crippen LogP contribution >= 0.6 is 0 Å². The summed E-state index contributed by atoms with van der Waals surface area (Å²) in [5.74, 6) is -4.49. The first-order valence-electron chi connectivity index (χ1n) is 11.1. The number of hydrogen-bond acceptors (Lipinski definition) is 5. The molecule has 2 N–H and O–H groups in total. The Bertz CT molecular complexity index is 1240. The van der Waals surface area contributed by atoms with Crippen LogP contribution in [0.25, 0.3) is 0 Å². The Morgan fingerprint density at radius 3 is 2.46 bits per heavy atom. The summed E-state index contributed by atoms with van der Waals surface area (Å²) in [6.07, 6.45) is -1.13. The van der Waals surface area contributed by atoms with E-state index in [0.717, 1.165) is 29.8 Å². The highest BCUT2D eigenvalue weighted by molar-refractivity contribution is 7.91. The lowest BCUT2D eigenvalue weighted by Gasteiger charge is -2.44. The number of amides is 1. The molecule has 2 aliphatic carbocycles. The molecule has 2 saturated carbocycles. The van der Waals surface area contributed by atoms with Crippen LogP contribution in [0.1, 0.15) is 73.1 Å². The maximum atomic E-state index is 14.3. The summed E-state index contributed by atoms with van der Waals surface area (Å²) in [5.41, 5.74) is -3.12. The molecule has 7 nitrogen and oxygen atoms in total. The molecule has 0 aromatic carbocycles. The second kappa shape index (κ2) is 8.52. The van der Waals surface area contributed by atoms with E-state index < -0.39 is 63.2 Å². The highest BCUT2D eigenvalue weighted by Crippen LogP contribution is 2.53. The van der Waals surface area contributed by atoms with Gasteiger partial charge in [-0.15, -0.1) is 0 Å². The van der Waals surface area contributed by atoms with Crippen molar-refractivity contribution < 1.29 is 31.0 Å². The van der Waals surface area contributed by atoms with Crippen LogP contribution < -0.4 is 5.32 Å². The smallest absolute Gasteiger partial charge is 0.320 e. The van der Waals surface area contributed by atoms with Crippen molar-refractivity contribution in [3.63, 3.8) is 0 Å². The van der Waals surface area contributed by atoms with Crippen LogP contribution in [0.15, 0.2) is 23.4 Å². The molecule has 2 aromatic rings. The van der Waals surface area contributed by atoms with Crippen molar-refractivity contribution in [2.45, 2.75) is 75.0 Å². The van der Waals surface area contributed by atoms with Gasteiger partial charge in [-0.1, -0.05) is 19.8 Å². The average Bonchev–Trinajstić information content (AvgIpc) is 3.33. The molecule has 0 spiro atoms. The molecule has 2 fully saturated rings. The number of rotatable bonds is 6. The van der Waals surface area contributed by atoms with Crippen molar-refractivity contribution in [1.29, 1.82) is 4.78 Å². The van der Waals surface area contributed by atoms with Gasteiger partial charge in [-0.25, -0.2) is 22.8 Å². The highest BCUT2D eigenvalue weighted by atomic mass is 32.2. The molecule has 35 heavy (non-hydrogen) atoms. The Labute approximate surface area is 199 Å². The fourth-order valence-corrected chi connectivity index (χ4v) is 5.76. The van der Waals surface area contributed by atoms with Gasteiger partial charge in [0.05, 0.1) is 15.4 Å². The molecule has 1 amide bonds. The molecule has 0 aliphatic heterocycles. The lowest BCUT2D eigenvalue weighted by Crippen LogP contribution is -2.47. The first kappa shape index (κ1) is 25.5. The summed E-state index contributed by atoms with van der Waals surface area (Å²) in [6.45, 7) is 1.27. The third-order valence-electron chi connectivity index (χ3n) is 6.51. The van der Waals surface area contributed by atoms with Crippen molar-refractivity contribution >= 4 is 21.3 Å². The molecule has 2 heterocycles. The molecule has 0 radical (unpaired) electrons. The van der Waals surface area contributed by atoms with Crippen LogP contribution in [0.3, 0.4) is 0 Å². The normalized spacial score (nSPS) is 21.3. The van der Waals surface area contributed by atoms with E-state index in [0.29, 0.717) is 12.8 Å². The van der Waals surface area contributed by atoms with Crippen molar-refractivity contribution in [3.05, 3.63) is 35.3 Å². The maximum Gasteiger partial charge on any atom is 0.420 e. The lowest BCUT2D eigenvalue weighted by molar-refractivity contribution is -0.160. The zero-order valence-electron chi connectivity index (χ0n) is 19.2. The standard InChI is InChI=1S/C22H26F5N5O2S/c1-20(10-21(23,24)11-20)12-32-18(16(22(25,26)27)17(31-32)13-5-3-4-6-13)19(33)30-14-7-8-29-15(9-14)35(2,28)34/h7-9,13,28H,3-6,10-12H2,1-2H3,(H,29,30,33)/t35-/m1/s1. The number of halogens is 5. The molecule has 0 saturated heterocycles. The SMILES string of the molecule is CC1(Cn2nc(C3CCCC3)c(C(F)(F)F)c2C(=O)Nc2ccnc([S@](C)(=N)=O)c2)CC(F)(F)C1. The Balaban J connectivity index is 1.78. The van der Waals surface area contributed by atoms with Gasteiger partial charge in [0, 0.05) is 43.4 Å². The molecule has 1 atom stereocenters. The molecule has 2 aromatic heterocycles. The van der Waals surface area contributed by atoms with Crippen molar-refractivity contribution in [1.82, 2.24) is 14.8 Å². The molecule has 4 rings (SSSR count). The Morgan fingerprint density at radius 1 is 1.29 bits per heavy atom. The summed E-state index contributed by atoms with van der Waals surface area (Å²) >= 11 is 0. The van der Waals surface area contributed by atoms with Gasteiger partial charge in [-0.05, 0) is 30.4 Å². The van der Waals surface area contributed by atoms with Crippen LogP contribution in [0.5, 0.6) is 0 Å². The molecular formula is C22H26F5N5O2S.